The summed E-state index contributed by atoms with van der Waals surface area (Å²) in [5.74, 6) is -0.547. The summed E-state index contributed by atoms with van der Waals surface area (Å²) >= 11 is 0. The number of rotatable bonds is 13. The van der Waals surface area contributed by atoms with Crippen LogP contribution in [-0.2, 0) is 52.2 Å². The quantitative estimate of drug-likeness (QED) is 0.0507. The van der Waals surface area contributed by atoms with Crippen molar-refractivity contribution < 1.29 is 129 Å². The Morgan fingerprint density at radius 2 is 1.13 bits per heavy atom. The van der Waals surface area contributed by atoms with Gasteiger partial charge in [0.15, 0.2) is 31.3 Å². The number of allylic oxidation sites excluding steroid dienone is 2. The summed E-state index contributed by atoms with van der Waals surface area (Å²) in [5.41, 5.74) is -1.41. The van der Waals surface area contributed by atoms with E-state index in [0.717, 1.165) is 19.3 Å². The van der Waals surface area contributed by atoms with Crippen molar-refractivity contribution in [1.82, 2.24) is 0 Å². The van der Waals surface area contributed by atoms with Gasteiger partial charge in [0.05, 0.1) is 44.1 Å². The van der Waals surface area contributed by atoms with Gasteiger partial charge in [-0.15, -0.1) is 0 Å². The Balaban J connectivity index is 0.903. The van der Waals surface area contributed by atoms with Crippen molar-refractivity contribution in [2.75, 3.05) is 26.4 Å². The van der Waals surface area contributed by atoms with Crippen molar-refractivity contribution in [1.29, 1.82) is 0 Å². The largest absolute Gasteiger partial charge is 0.432 e. The summed E-state index contributed by atoms with van der Waals surface area (Å²) in [6.07, 6.45) is -30.9. The Labute approximate surface area is 494 Å². The van der Waals surface area contributed by atoms with Gasteiger partial charge in [-0.3, -0.25) is 4.79 Å². The number of esters is 1. The molecule has 5 aliphatic carbocycles. The molecule has 5 heterocycles. The third-order valence-corrected chi connectivity index (χ3v) is 23.4. The maximum absolute atomic E-state index is 15.7. The molecule has 15 N–H and O–H groups in total. The van der Waals surface area contributed by atoms with E-state index in [1.807, 2.05) is 0 Å². The maximum atomic E-state index is 15.7. The van der Waals surface area contributed by atoms with Crippen LogP contribution in [0.25, 0.3) is 0 Å². The molecule has 0 amide bonds. The zero-order valence-corrected chi connectivity index (χ0v) is 49.8. The third kappa shape index (κ3) is 11.0. The number of aliphatic hydroxyl groups is 15. The van der Waals surface area contributed by atoms with Crippen LogP contribution in [0, 0.1) is 56.7 Å². The minimum absolute atomic E-state index is 0.0243. The lowest BCUT2D eigenvalue weighted by Gasteiger charge is -2.71. The summed E-state index contributed by atoms with van der Waals surface area (Å²) in [4.78, 5) is 15.7. The molecular weight excluding hydrogens is 1120 g/mol. The fraction of sp³-hybridized carbons (Fsp3) is 0.949. The van der Waals surface area contributed by atoms with E-state index >= 15 is 4.79 Å². The Morgan fingerprint density at radius 1 is 0.553 bits per heavy atom. The van der Waals surface area contributed by atoms with Gasteiger partial charge in [-0.05, 0) is 116 Å². The molecule has 0 radical (unpaired) electrons. The Morgan fingerprint density at radius 3 is 1.80 bits per heavy atom. The van der Waals surface area contributed by atoms with E-state index in [0.29, 0.717) is 38.5 Å². The molecule has 34 unspecified atom stereocenters. The molecule has 0 spiro atoms. The summed E-state index contributed by atoms with van der Waals surface area (Å²) in [6, 6.07) is 0. The second kappa shape index (κ2) is 24.7. The zero-order valence-electron chi connectivity index (χ0n) is 49.8. The molecule has 34 atom stereocenters. The predicted octanol–water partition coefficient (Wildman–Crippen LogP) is -2.69. The highest BCUT2D eigenvalue weighted by molar-refractivity contribution is 5.79. The van der Waals surface area contributed by atoms with Crippen molar-refractivity contribution >= 4 is 5.97 Å². The number of hydrogen-bond donors (Lipinski definition) is 15. The summed E-state index contributed by atoms with van der Waals surface area (Å²) < 4.78 is 60.4. The predicted molar refractivity (Wildman–Crippen MR) is 288 cm³/mol. The monoisotopic (exact) mass is 1220 g/mol. The fourth-order valence-electron chi connectivity index (χ4n) is 17.8. The van der Waals surface area contributed by atoms with Gasteiger partial charge in [0.1, 0.15) is 104 Å². The lowest BCUT2D eigenvalue weighted by Crippen LogP contribution is -2.67. The van der Waals surface area contributed by atoms with E-state index in [1.54, 1.807) is 0 Å². The second-order valence-corrected chi connectivity index (χ2v) is 28.1. The van der Waals surface area contributed by atoms with E-state index in [1.165, 1.54) is 12.5 Å². The van der Waals surface area contributed by atoms with Crippen molar-refractivity contribution in [2.45, 2.75) is 267 Å². The van der Waals surface area contributed by atoms with Crippen LogP contribution >= 0.6 is 0 Å². The highest BCUT2D eigenvalue weighted by atomic mass is 16.8. The Hall–Kier alpha value is -1.75. The number of aliphatic hydroxyl groups excluding tert-OH is 15. The minimum atomic E-state index is -1.94. The minimum Gasteiger partial charge on any atom is -0.432 e. The fourth-order valence-corrected chi connectivity index (χ4v) is 17.8. The number of carbonyl (C=O) groups is 1. The van der Waals surface area contributed by atoms with Crippen LogP contribution in [0.5, 0.6) is 0 Å². The van der Waals surface area contributed by atoms with Gasteiger partial charge in [0.25, 0.3) is 0 Å². The van der Waals surface area contributed by atoms with Gasteiger partial charge in [-0.1, -0.05) is 60.1 Å². The summed E-state index contributed by atoms with van der Waals surface area (Å²) in [7, 11) is 0. The molecule has 4 saturated carbocycles. The van der Waals surface area contributed by atoms with Gasteiger partial charge < -0.3 is 124 Å². The first kappa shape index (κ1) is 66.2. The highest BCUT2D eigenvalue weighted by Gasteiger charge is 2.71. The van der Waals surface area contributed by atoms with E-state index in [-0.39, 0.29) is 40.4 Å². The molecule has 0 aromatic carbocycles. The first-order chi connectivity index (χ1) is 39.9. The van der Waals surface area contributed by atoms with Gasteiger partial charge >= 0.3 is 5.97 Å². The molecule has 10 rings (SSSR count). The average Bonchev–Trinajstić information content (AvgIpc) is 0.699. The van der Waals surface area contributed by atoms with Crippen molar-refractivity contribution in [2.24, 2.45) is 56.7 Å². The number of fused-ring (bicyclic) bond motifs is 7. The van der Waals surface area contributed by atoms with Crippen LogP contribution in [0.3, 0.4) is 0 Å². The van der Waals surface area contributed by atoms with Crippen LogP contribution in [0.15, 0.2) is 11.6 Å². The second-order valence-electron chi connectivity index (χ2n) is 28.1. The number of ether oxygens (including phenoxy) is 10. The smallest absolute Gasteiger partial charge is 0.315 e. The molecule has 9 fully saturated rings. The van der Waals surface area contributed by atoms with Crippen LogP contribution in [0.2, 0.25) is 0 Å². The number of carbonyl (C=O) groups excluding carboxylic acids is 1. The standard InChI is InChI=1S/C59H96O26/c1-23-11-16-59(54(75)85-53-48(83-50-44(72)36(64)27(62)21-76-50)43(71)39(67)30(81-53)22-77-49-45(73)41(69)37(65)28(19-60)79-49)18-17-57(7)26(34(59)24(23)2)9-10-32-56(6)14-13-33(55(4,5)31(56)12-15-58(32,57)8)82-52-47(42(70)38(66)29(20-61)80-52)84-51-46(74)40(68)35(63)25(3)78-51/h9,23-25,27-53,60-74H,10-22H2,1-8H3. The molecule has 5 aliphatic heterocycles. The van der Waals surface area contributed by atoms with Crippen LogP contribution in [0.4, 0.5) is 0 Å². The molecule has 26 nitrogen and oxygen atoms in total. The van der Waals surface area contributed by atoms with Crippen molar-refractivity contribution in [3.05, 3.63) is 11.6 Å². The Kier molecular flexibility index (Phi) is 19.2. The zero-order chi connectivity index (χ0) is 61.9. The molecule has 0 bridgehead atoms. The van der Waals surface area contributed by atoms with E-state index in [4.69, 9.17) is 47.4 Å². The average molecular weight is 1220 g/mol. The van der Waals surface area contributed by atoms with Crippen molar-refractivity contribution in [3.63, 3.8) is 0 Å². The lowest BCUT2D eigenvalue weighted by atomic mass is 9.33. The van der Waals surface area contributed by atoms with E-state index in [2.05, 4.69) is 54.5 Å². The molecule has 488 valence electrons. The Bertz CT molecular complexity index is 2350. The molecular formula is C59H96O26. The topological polar surface area (TPSA) is 413 Å². The molecule has 85 heavy (non-hydrogen) atoms. The van der Waals surface area contributed by atoms with E-state index < -0.39 is 202 Å². The maximum Gasteiger partial charge on any atom is 0.315 e. The summed E-state index contributed by atoms with van der Waals surface area (Å²) in [5, 5.41) is 161. The first-order valence-electron chi connectivity index (χ1n) is 30.7. The molecule has 0 aromatic rings. The van der Waals surface area contributed by atoms with Gasteiger partial charge in [-0.25, -0.2) is 0 Å². The van der Waals surface area contributed by atoms with Crippen LogP contribution < -0.4 is 0 Å². The summed E-state index contributed by atoms with van der Waals surface area (Å²) in [6.45, 7) is 14.8. The van der Waals surface area contributed by atoms with E-state index in [9.17, 15) is 76.6 Å². The van der Waals surface area contributed by atoms with Gasteiger partial charge in [0, 0.05) is 0 Å². The van der Waals surface area contributed by atoms with Crippen molar-refractivity contribution in [3.8, 4) is 0 Å². The normalized spacial score (nSPS) is 55.3. The third-order valence-electron chi connectivity index (χ3n) is 23.4. The first-order valence-corrected chi connectivity index (χ1v) is 30.7. The SMILES string of the molecule is CC1CCC2(C(=O)OC3OC(COC4OC(CO)C(O)C(O)C4O)C(O)C(O)C3OC3OCC(O)C(O)C3O)CCC3(C)C(=CCC4C5(C)CCC(OC6OC(CO)C(O)C(O)C6OC6OC(C)C(O)C(O)C6O)C(C)(C)C5CCC43C)C2C1C. The molecule has 26 heteroatoms. The number of hydrogen-bond acceptors (Lipinski definition) is 26. The van der Waals surface area contributed by atoms with Gasteiger partial charge in [-0.2, -0.15) is 0 Å². The molecule has 0 aromatic heterocycles. The van der Waals surface area contributed by atoms with Crippen LogP contribution in [0.1, 0.15) is 113 Å². The highest BCUT2D eigenvalue weighted by Crippen LogP contribution is 2.76. The van der Waals surface area contributed by atoms with Gasteiger partial charge in [0.2, 0.25) is 6.29 Å². The molecule has 5 saturated heterocycles. The molecule has 10 aliphatic rings. The lowest BCUT2D eigenvalue weighted by molar-refractivity contribution is -0.376. The van der Waals surface area contributed by atoms with Crippen LogP contribution in [-0.4, -0.2) is 263 Å².